The molecule has 0 radical (unpaired) electrons. The number of rotatable bonds is 8. The van der Waals surface area contributed by atoms with Gasteiger partial charge in [-0.05, 0) is 31.2 Å². The number of alkyl halides is 3. The van der Waals surface area contributed by atoms with Crippen LogP contribution in [0.25, 0.3) is 0 Å². The fraction of sp³-hybridized carbons (Fsp3) is 0.538. The van der Waals surface area contributed by atoms with Gasteiger partial charge in [0.25, 0.3) is 0 Å². The molecule has 0 aliphatic heterocycles. The lowest BCUT2D eigenvalue weighted by Gasteiger charge is -2.13. The summed E-state index contributed by atoms with van der Waals surface area (Å²) in [6.45, 7) is 2.27. The highest BCUT2D eigenvalue weighted by Crippen LogP contribution is 2.20. The van der Waals surface area contributed by atoms with Gasteiger partial charge in [-0.15, -0.1) is 13.2 Å². The van der Waals surface area contributed by atoms with E-state index in [0.29, 0.717) is 17.9 Å². The van der Waals surface area contributed by atoms with Crippen LogP contribution in [-0.4, -0.2) is 26.1 Å². The summed E-state index contributed by atoms with van der Waals surface area (Å²) in [5.74, 6) is -0.0713. The van der Waals surface area contributed by atoms with Gasteiger partial charge in [-0.1, -0.05) is 6.92 Å². The Labute approximate surface area is 114 Å². The molecule has 0 unspecified atom stereocenters. The van der Waals surface area contributed by atoms with Crippen molar-refractivity contribution in [1.29, 1.82) is 0 Å². The second-order valence-corrected chi connectivity index (χ2v) is 4.07. The quantitative estimate of drug-likeness (QED) is 0.590. The van der Waals surface area contributed by atoms with Crippen LogP contribution >= 0.6 is 0 Å². The minimum Gasteiger partial charge on any atom is -0.491 e. The van der Waals surface area contributed by atoms with E-state index >= 15 is 0 Å². The van der Waals surface area contributed by atoms with E-state index in [9.17, 15) is 17.6 Å². The molecule has 0 spiro atoms. The Balaban J connectivity index is 2.51. The number of hydrogen-bond donors (Lipinski definition) is 1. The van der Waals surface area contributed by atoms with Gasteiger partial charge in [-0.25, -0.2) is 4.39 Å². The molecular formula is C13H17F4NO2. The molecule has 0 saturated carbocycles. The van der Waals surface area contributed by atoms with Crippen LogP contribution in [0.15, 0.2) is 18.2 Å². The normalized spacial score (nSPS) is 11.7. The van der Waals surface area contributed by atoms with E-state index in [-0.39, 0.29) is 6.61 Å². The third kappa shape index (κ3) is 6.72. The summed E-state index contributed by atoms with van der Waals surface area (Å²) in [7, 11) is 0. The lowest BCUT2D eigenvalue weighted by atomic mass is 10.2. The Kier molecular flexibility index (Phi) is 6.74. The Bertz CT molecular complexity index is 410. The fourth-order valence-electron chi connectivity index (χ4n) is 1.54. The summed E-state index contributed by atoms with van der Waals surface area (Å²) in [6.07, 6.45) is -3.75. The Hall–Kier alpha value is -1.34. The third-order valence-electron chi connectivity index (χ3n) is 2.37. The summed E-state index contributed by atoms with van der Waals surface area (Å²) in [5, 5.41) is 3.08. The minimum atomic E-state index is -4.67. The zero-order valence-corrected chi connectivity index (χ0v) is 11.1. The maximum Gasteiger partial charge on any atom is 0.522 e. The van der Waals surface area contributed by atoms with E-state index in [1.807, 2.05) is 6.92 Å². The van der Waals surface area contributed by atoms with E-state index in [0.717, 1.165) is 13.0 Å². The summed E-state index contributed by atoms with van der Waals surface area (Å²) < 4.78 is 57.3. The summed E-state index contributed by atoms with van der Waals surface area (Å²) in [4.78, 5) is 0. The first-order chi connectivity index (χ1) is 9.42. The van der Waals surface area contributed by atoms with Crippen molar-refractivity contribution in [3.8, 4) is 5.75 Å². The molecule has 1 rings (SSSR count). The van der Waals surface area contributed by atoms with Gasteiger partial charge in [0, 0.05) is 12.1 Å². The molecule has 0 amide bonds. The average Bonchev–Trinajstić information content (AvgIpc) is 2.36. The number of nitrogens with one attached hydrogen (secondary N) is 1. The molecule has 1 aromatic rings. The van der Waals surface area contributed by atoms with Crippen LogP contribution in [0.4, 0.5) is 17.6 Å². The maximum absolute atomic E-state index is 13.1. The fourth-order valence-corrected chi connectivity index (χ4v) is 1.54. The van der Waals surface area contributed by atoms with Gasteiger partial charge in [0.15, 0.2) is 0 Å². The van der Waals surface area contributed by atoms with E-state index in [2.05, 4.69) is 10.1 Å². The summed E-state index contributed by atoms with van der Waals surface area (Å²) >= 11 is 0. The van der Waals surface area contributed by atoms with Gasteiger partial charge in [-0.2, -0.15) is 0 Å². The van der Waals surface area contributed by atoms with Crippen LogP contribution in [0.2, 0.25) is 0 Å². The molecule has 1 N–H and O–H groups in total. The Morgan fingerprint density at radius 1 is 1.20 bits per heavy atom. The highest BCUT2D eigenvalue weighted by atomic mass is 19.4. The average molecular weight is 295 g/mol. The SMILES string of the molecule is CCCNCc1cc(F)ccc1OCCOC(F)(F)F. The van der Waals surface area contributed by atoms with Gasteiger partial charge in [0.05, 0.1) is 6.61 Å². The first kappa shape index (κ1) is 16.7. The monoisotopic (exact) mass is 295 g/mol. The van der Waals surface area contributed by atoms with Crippen LogP contribution in [0, 0.1) is 5.82 Å². The molecule has 0 aromatic heterocycles. The van der Waals surface area contributed by atoms with Crippen LogP contribution in [-0.2, 0) is 11.3 Å². The van der Waals surface area contributed by atoms with E-state index < -0.39 is 18.8 Å². The molecule has 0 fully saturated rings. The molecule has 0 atom stereocenters. The van der Waals surface area contributed by atoms with E-state index in [1.165, 1.54) is 18.2 Å². The van der Waals surface area contributed by atoms with E-state index in [1.54, 1.807) is 0 Å². The molecule has 0 aliphatic carbocycles. The standard InChI is InChI=1S/C13H17F4NO2/c1-2-5-18-9-10-8-11(14)3-4-12(10)19-6-7-20-13(15,16)17/h3-4,8,18H,2,5-7,9H2,1H3. The second-order valence-electron chi connectivity index (χ2n) is 4.07. The zero-order chi connectivity index (χ0) is 15.0. The van der Waals surface area contributed by atoms with Crippen molar-refractivity contribution in [3.05, 3.63) is 29.6 Å². The van der Waals surface area contributed by atoms with Gasteiger partial charge in [-0.3, -0.25) is 4.74 Å². The largest absolute Gasteiger partial charge is 0.522 e. The lowest BCUT2D eigenvalue weighted by Crippen LogP contribution is -2.19. The summed E-state index contributed by atoms with van der Waals surface area (Å²) in [6, 6.07) is 3.89. The molecule has 20 heavy (non-hydrogen) atoms. The van der Waals surface area contributed by atoms with Crippen molar-refractivity contribution in [2.45, 2.75) is 26.3 Å². The molecule has 3 nitrogen and oxygen atoms in total. The van der Waals surface area contributed by atoms with Crippen molar-refractivity contribution >= 4 is 0 Å². The molecule has 0 aliphatic rings. The van der Waals surface area contributed by atoms with Crippen molar-refractivity contribution in [3.63, 3.8) is 0 Å². The minimum absolute atomic E-state index is 0.258. The number of halogens is 4. The Morgan fingerprint density at radius 3 is 2.60 bits per heavy atom. The Morgan fingerprint density at radius 2 is 1.95 bits per heavy atom. The van der Waals surface area contributed by atoms with Gasteiger partial charge in [0.1, 0.15) is 18.2 Å². The molecule has 0 saturated heterocycles. The van der Waals surface area contributed by atoms with Crippen LogP contribution in [0.3, 0.4) is 0 Å². The lowest BCUT2D eigenvalue weighted by molar-refractivity contribution is -0.325. The predicted molar refractivity (Wildman–Crippen MR) is 65.9 cm³/mol. The highest BCUT2D eigenvalue weighted by molar-refractivity contribution is 5.33. The zero-order valence-electron chi connectivity index (χ0n) is 11.1. The summed E-state index contributed by atoms with van der Waals surface area (Å²) in [5.41, 5.74) is 0.561. The van der Waals surface area contributed by atoms with Crippen LogP contribution in [0.1, 0.15) is 18.9 Å². The van der Waals surface area contributed by atoms with Crippen LogP contribution < -0.4 is 10.1 Å². The number of hydrogen-bond acceptors (Lipinski definition) is 3. The molecular weight excluding hydrogens is 278 g/mol. The highest BCUT2D eigenvalue weighted by Gasteiger charge is 2.28. The topological polar surface area (TPSA) is 30.5 Å². The number of ether oxygens (including phenoxy) is 2. The second kappa shape index (κ2) is 8.06. The first-order valence-corrected chi connectivity index (χ1v) is 6.25. The van der Waals surface area contributed by atoms with Crippen molar-refractivity contribution < 1.29 is 27.0 Å². The van der Waals surface area contributed by atoms with E-state index in [4.69, 9.17) is 4.74 Å². The molecule has 114 valence electrons. The van der Waals surface area contributed by atoms with Crippen LogP contribution in [0.5, 0.6) is 5.75 Å². The third-order valence-corrected chi connectivity index (χ3v) is 2.37. The van der Waals surface area contributed by atoms with Gasteiger partial charge in [0.2, 0.25) is 0 Å². The smallest absolute Gasteiger partial charge is 0.491 e. The van der Waals surface area contributed by atoms with Gasteiger partial charge < -0.3 is 10.1 Å². The van der Waals surface area contributed by atoms with Crippen molar-refractivity contribution in [2.24, 2.45) is 0 Å². The molecule has 0 heterocycles. The first-order valence-electron chi connectivity index (χ1n) is 6.25. The molecule has 7 heteroatoms. The molecule has 0 bridgehead atoms. The predicted octanol–water partition coefficient (Wildman–Crippen LogP) is 3.24. The maximum atomic E-state index is 13.1. The number of benzene rings is 1. The van der Waals surface area contributed by atoms with Crippen molar-refractivity contribution in [1.82, 2.24) is 5.32 Å². The van der Waals surface area contributed by atoms with Crippen molar-refractivity contribution in [2.75, 3.05) is 19.8 Å². The van der Waals surface area contributed by atoms with Gasteiger partial charge >= 0.3 is 6.36 Å². The molecule has 1 aromatic carbocycles.